The van der Waals surface area contributed by atoms with Gasteiger partial charge in [-0.25, -0.2) is 4.98 Å². The van der Waals surface area contributed by atoms with Crippen molar-refractivity contribution >= 4 is 17.3 Å². The molecule has 0 radical (unpaired) electrons. The molecule has 0 bridgehead atoms. The number of fused-ring (bicyclic) bond motifs is 1. The summed E-state index contributed by atoms with van der Waals surface area (Å²) in [6.45, 7) is 2.86. The zero-order chi connectivity index (χ0) is 21.1. The van der Waals surface area contributed by atoms with E-state index < -0.39 is 0 Å². The number of anilines is 2. The summed E-state index contributed by atoms with van der Waals surface area (Å²) in [4.78, 5) is 16.5. The molecule has 4 rings (SSSR count). The van der Waals surface area contributed by atoms with E-state index in [4.69, 9.17) is 4.98 Å². The number of hydrogen-bond acceptors (Lipinski definition) is 6. The fourth-order valence-electron chi connectivity index (χ4n) is 4.21. The number of pyridine rings is 1. The van der Waals surface area contributed by atoms with Crippen LogP contribution in [0.4, 0.5) is 11.6 Å². The molecule has 3 heterocycles. The monoisotopic (exact) mass is 410 g/mol. The van der Waals surface area contributed by atoms with E-state index in [1.165, 1.54) is 12.8 Å². The topological polar surface area (TPSA) is 96.5 Å². The van der Waals surface area contributed by atoms with Crippen LogP contribution in [0, 0.1) is 5.92 Å². The quantitative estimate of drug-likeness (QED) is 0.554. The molecular formula is C22H30N6O2. The highest BCUT2D eigenvalue weighted by Gasteiger charge is 2.25. The van der Waals surface area contributed by atoms with Crippen molar-refractivity contribution in [2.45, 2.75) is 51.6 Å². The van der Waals surface area contributed by atoms with Crippen molar-refractivity contribution in [3.05, 3.63) is 52.1 Å². The van der Waals surface area contributed by atoms with E-state index in [9.17, 15) is 9.90 Å². The first-order chi connectivity index (χ1) is 14.6. The van der Waals surface area contributed by atoms with E-state index in [2.05, 4.69) is 22.7 Å². The van der Waals surface area contributed by atoms with Crippen molar-refractivity contribution in [2.24, 2.45) is 13.0 Å². The molecule has 0 aliphatic heterocycles. The minimum Gasteiger partial charge on any atom is -0.396 e. The summed E-state index contributed by atoms with van der Waals surface area (Å²) < 4.78 is 3.41. The molecule has 3 aromatic rings. The fraction of sp³-hybridized carbons (Fsp3) is 0.500. The van der Waals surface area contributed by atoms with E-state index >= 15 is 0 Å². The Balaban J connectivity index is 1.63. The van der Waals surface area contributed by atoms with Gasteiger partial charge in [0.1, 0.15) is 11.6 Å². The minimum atomic E-state index is -0.0258. The largest absolute Gasteiger partial charge is 0.396 e. The van der Waals surface area contributed by atoms with Crippen molar-refractivity contribution in [2.75, 3.05) is 17.2 Å². The normalized spacial score (nSPS) is 19.2. The Morgan fingerprint density at radius 3 is 2.87 bits per heavy atom. The number of aliphatic hydroxyl groups excluding tert-OH is 1. The second-order valence-corrected chi connectivity index (χ2v) is 8.10. The van der Waals surface area contributed by atoms with E-state index in [1.54, 1.807) is 17.7 Å². The van der Waals surface area contributed by atoms with Crippen LogP contribution >= 0.6 is 0 Å². The SMILES string of the molecule is CCc1cnn2c(NCc3ccc(=O)n(C)c3)cc(N[C@H]3CCCC[C@H]3CO)nc12. The zero-order valence-corrected chi connectivity index (χ0v) is 17.6. The molecule has 0 spiro atoms. The predicted octanol–water partition coefficient (Wildman–Crippen LogP) is 2.57. The fourth-order valence-corrected chi connectivity index (χ4v) is 4.21. The smallest absolute Gasteiger partial charge is 0.250 e. The standard InChI is InChI=1S/C22H30N6O2/c1-3-16-12-24-28-20(23-11-15-8-9-21(30)27(2)13-15)10-19(26-22(16)28)25-18-7-5-4-6-17(18)14-29/h8-10,12-13,17-18,23,29H,3-7,11,14H2,1-2H3,(H,25,26)/t17-,18-/m0/s1. The molecule has 160 valence electrons. The Labute approximate surface area is 176 Å². The number of aromatic nitrogens is 4. The maximum absolute atomic E-state index is 11.6. The van der Waals surface area contributed by atoms with Crippen LogP contribution in [0.3, 0.4) is 0 Å². The molecule has 0 aromatic carbocycles. The molecule has 2 atom stereocenters. The molecule has 1 saturated carbocycles. The van der Waals surface area contributed by atoms with E-state index in [0.29, 0.717) is 6.54 Å². The Kier molecular flexibility index (Phi) is 6.03. The lowest BCUT2D eigenvalue weighted by atomic mass is 9.85. The van der Waals surface area contributed by atoms with Crippen molar-refractivity contribution in [3.8, 4) is 0 Å². The number of rotatable bonds is 7. The first-order valence-electron chi connectivity index (χ1n) is 10.7. The Hall–Kier alpha value is -2.87. The maximum atomic E-state index is 11.6. The van der Waals surface area contributed by atoms with Gasteiger partial charge < -0.3 is 20.3 Å². The van der Waals surface area contributed by atoms with E-state index in [-0.39, 0.29) is 24.1 Å². The average Bonchev–Trinajstić information content (AvgIpc) is 3.18. The van der Waals surface area contributed by atoms with Gasteiger partial charge in [-0.15, -0.1) is 0 Å². The summed E-state index contributed by atoms with van der Waals surface area (Å²) in [5.41, 5.74) is 2.90. The van der Waals surface area contributed by atoms with Crippen LogP contribution in [0.25, 0.3) is 5.65 Å². The van der Waals surface area contributed by atoms with Gasteiger partial charge in [0.2, 0.25) is 5.56 Å². The Morgan fingerprint density at radius 2 is 2.10 bits per heavy atom. The van der Waals surface area contributed by atoms with Crippen molar-refractivity contribution in [1.29, 1.82) is 0 Å². The lowest BCUT2D eigenvalue weighted by Crippen LogP contribution is -2.34. The number of hydrogen-bond donors (Lipinski definition) is 3. The van der Waals surface area contributed by atoms with Crippen molar-refractivity contribution in [3.63, 3.8) is 0 Å². The van der Waals surface area contributed by atoms with Gasteiger partial charge in [0.15, 0.2) is 5.65 Å². The molecule has 1 aliphatic carbocycles. The van der Waals surface area contributed by atoms with Crippen LogP contribution in [0.1, 0.15) is 43.7 Å². The summed E-state index contributed by atoms with van der Waals surface area (Å²) >= 11 is 0. The van der Waals surface area contributed by atoms with Crippen LogP contribution < -0.4 is 16.2 Å². The maximum Gasteiger partial charge on any atom is 0.250 e. The molecule has 8 heteroatoms. The highest BCUT2D eigenvalue weighted by Crippen LogP contribution is 2.28. The average molecular weight is 411 g/mol. The molecule has 3 aromatic heterocycles. The molecule has 0 saturated heterocycles. The van der Waals surface area contributed by atoms with Crippen molar-refractivity contribution < 1.29 is 5.11 Å². The molecular weight excluding hydrogens is 380 g/mol. The number of aliphatic hydroxyl groups is 1. The minimum absolute atomic E-state index is 0.0258. The van der Waals surface area contributed by atoms with Gasteiger partial charge in [-0.2, -0.15) is 9.61 Å². The first kappa shape index (κ1) is 20.4. The van der Waals surface area contributed by atoms with Crippen LogP contribution in [-0.2, 0) is 20.0 Å². The third kappa shape index (κ3) is 4.18. The second kappa shape index (κ2) is 8.87. The Morgan fingerprint density at radius 1 is 1.27 bits per heavy atom. The van der Waals surface area contributed by atoms with Gasteiger partial charge in [0, 0.05) is 56.1 Å². The second-order valence-electron chi connectivity index (χ2n) is 8.10. The lowest BCUT2D eigenvalue weighted by molar-refractivity contribution is 0.178. The highest BCUT2D eigenvalue weighted by atomic mass is 16.3. The van der Waals surface area contributed by atoms with Gasteiger partial charge in [-0.3, -0.25) is 4.79 Å². The highest BCUT2D eigenvalue weighted by molar-refractivity contribution is 5.60. The predicted molar refractivity (Wildman–Crippen MR) is 118 cm³/mol. The summed E-state index contributed by atoms with van der Waals surface area (Å²) in [6.07, 6.45) is 8.97. The van der Waals surface area contributed by atoms with Crippen LogP contribution in [0.15, 0.2) is 35.4 Å². The summed E-state index contributed by atoms with van der Waals surface area (Å²) in [5.74, 6) is 1.90. The first-order valence-corrected chi connectivity index (χ1v) is 10.7. The molecule has 3 N–H and O–H groups in total. The van der Waals surface area contributed by atoms with E-state index in [1.807, 2.05) is 29.0 Å². The van der Waals surface area contributed by atoms with Gasteiger partial charge in [-0.05, 0) is 24.8 Å². The molecule has 0 unspecified atom stereocenters. The molecule has 1 aliphatic rings. The van der Waals surface area contributed by atoms with Gasteiger partial charge in [0.05, 0.1) is 6.20 Å². The van der Waals surface area contributed by atoms with Crippen molar-refractivity contribution in [1.82, 2.24) is 19.2 Å². The third-order valence-corrected chi connectivity index (χ3v) is 6.02. The third-order valence-electron chi connectivity index (χ3n) is 6.02. The van der Waals surface area contributed by atoms with Crippen LogP contribution in [-0.4, -0.2) is 36.9 Å². The van der Waals surface area contributed by atoms with E-state index in [0.717, 1.165) is 47.7 Å². The van der Waals surface area contributed by atoms with Crippen LogP contribution in [0.5, 0.6) is 0 Å². The molecule has 8 nitrogen and oxygen atoms in total. The molecule has 30 heavy (non-hydrogen) atoms. The van der Waals surface area contributed by atoms with Crippen LogP contribution in [0.2, 0.25) is 0 Å². The summed E-state index contributed by atoms with van der Waals surface area (Å²) in [6, 6.07) is 5.61. The number of nitrogens with one attached hydrogen (secondary N) is 2. The summed E-state index contributed by atoms with van der Waals surface area (Å²) in [5, 5.41) is 21.3. The lowest BCUT2D eigenvalue weighted by Gasteiger charge is -2.31. The van der Waals surface area contributed by atoms with Gasteiger partial charge in [0.25, 0.3) is 0 Å². The molecule has 0 amide bonds. The zero-order valence-electron chi connectivity index (χ0n) is 17.6. The van der Waals surface area contributed by atoms with Gasteiger partial charge >= 0.3 is 0 Å². The Bertz CT molecular complexity index is 1070. The number of aryl methyl sites for hydroxylation is 2. The molecule has 1 fully saturated rings. The van der Waals surface area contributed by atoms with Gasteiger partial charge in [-0.1, -0.05) is 25.8 Å². The summed E-state index contributed by atoms with van der Waals surface area (Å²) in [7, 11) is 1.75. The number of nitrogens with zero attached hydrogens (tertiary/aromatic N) is 4.